The van der Waals surface area contributed by atoms with Crippen LogP contribution in [-0.2, 0) is 14.4 Å². The number of rotatable bonds is 9. The normalized spacial score (nSPS) is 14.9. The molecule has 0 aromatic carbocycles. The summed E-state index contributed by atoms with van der Waals surface area (Å²) in [7, 11) is 1.22. The van der Waals surface area contributed by atoms with Crippen LogP contribution in [0.3, 0.4) is 0 Å². The van der Waals surface area contributed by atoms with Crippen molar-refractivity contribution in [3.05, 3.63) is 0 Å². The zero-order valence-corrected chi connectivity index (χ0v) is 15.5. The number of carbonyl (C=O) groups is 4. The molecule has 0 spiro atoms. The fraction of sp³-hybridized carbons (Fsp3) is 0.615. The number of hydrazine groups is 1. The number of aliphatic hydroxyl groups excluding tert-OH is 2. The van der Waals surface area contributed by atoms with E-state index < -0.39 is 61.1 Å². The Morgan fingerprint density at radius 1 is 1.22 bits per heavy atom. The number of nitrogens with zero attached hydrogens (tertiary/aromatic N) is 1. The predicted octanol–water partition coefficient (Wildman–Crippen LogP) is -4.03. The smallest absolute Gasteiger partial charge is 0.328 e. The number of urea groups is 1. The Morgan fingerprint density at radius 3 is 2.19 bits per heavy atom. The van der Waals surface area contributed by atoms with Crippen molar-refractivity contribution in [3.63, 3.8) is 0 Å². The Labute approximate surface area is 160 Å². The molecule has 0 saturated heterocycles. The highest BCUT2D eigenvalue weighted by Crippen LogP contribution is 1.99. The van der Waals surface area contributed by atoms with E-state index in [0.29, 0.717) is 0 Å². The number of hydrogen-bond donors (Lipinski definition) is 8. The van der Waals surface area contributed by atoms with E-state index in [1.54, 1.807) is 0 Å². The molecule has 27 heavy (non-hydrogen) atoms. The molecule has 14 heteroatoms. The van der Waals surface area contributed by atoms with Gasteiger partial charge in [-0.05, 0) is 6.92 Å². The van der Waals surface area contributed by atoms with Crippen LogP contribution in [0.2, 0.25) is 0 Å². The van der Waals surface area contributed by atoms with E-state index in [0.717, 1.165) is 11.9 Å². The lowest BCUT2D eigenvalue weighted by Gasteiger charge is -2.27. The van der Waals surface area contributed by atoms with Crippen molar-refractivity contribution in [2.75, 3.05) is 13.7 Å². The first-order valence-corrected chi connectivity index (χ1v) is 8.02. The van der Waals surface area contributed by atoms with Crippen LogP contribution in [0, 0.1) is 0 Å². The summed E-state index contributed by atoms with van der Waals surface area (Å²) < 4.78 is 0. The SMILES string of the molecule is CC(O)[C@H](NC(=O)NC(CC(N)=O)C(=O)N(C)NC(=S)[C@@H](N)CO)C(=O)O. The molecule has 13 nitrogen and oxygen atoms in total. The number of carbonyl (C=O) groups excluding carboxylic acids is 3. The number of nitrogens with one attached hydrogen (secondary N) is 3. The number of aliphatic carboxylic acids is 1. The predicted molar refractivity (Wildman–Crippen MR) is 95.9 cm³/mol. The first-order valence-electron chi connectivity index (χ1n) is 7.61. The minimum absolute atomic E-state index is 0.0735. The molecule has 0 rings (SSSR count). The Balaban J connectivity index is 5.12. The molecule has 0 bridgehead atoms. The number of amides is 4. The van der Waals surface area contributed by atoms with E-state index in [2.05, 4.69) is 10.7 Å². The minimum Gasteiger partial charge on any atom is -0.480 e. The Kier molecular flexibility index (Phi) is 10.2. The molecule has 0 heterocycles. The summed E-state index contributed by atoms with van der Waals surface area (Å²) >= 11 is 4.87. The van der Waals surface area contributed by atoms with Gasteiger partial charge in [-0.1, -0.05) is 12.2 Å². The molecule has 0 radical (unpaired) electrons. The fourth-order valence-electron chi connectivity index (χ4n) is 1.75. The third-order valence-electron chi connectivity index (χ3n) is 3.19. The lowest BCUT2D eigenvalue weighted by atomic mass is 10.1. The van der Waals surface area contributed by atoms with Gasteiger partial charge in [0.1, 0.15) is 11.0 Å². The van der Waals surface area contributed by atoms with Gasteiger partial charge in [-0.15, -0.1) is 0 Å². The third-order valence-corrected chi connectivity index (χ3v) is 3.58. The van der Waals surface area contributed by atoms with Crippen LogP contribution < -0.4 is 27.5 Å². The molecule has 0 aliphatic heterocycles. The number of carboxylic acids is 1. The van der Waals surface area contributed by atoms with Gasteiger partial charge < -0.3 is 37.4 Å². The fourth-order valence-corrected chi connectivity index (χ4v) is 1.96. The largest absolute Gasteiger partial charge is 0.480 e. The number of nitrogens with two attached hydrogens (primary N) is 2. The van der Waals surface area contributed by atoms with Crippen LogP contribution in [-0.4, -0.2) is 87.0 Å². The van der Waals surface area contributed by atoms with Crippen molar-refractivity contribution in [1.82, 2.24) is 21.1 Å². The molecule has 0 fully saturated rings. The first kappa shape index (κ1) is 24.5. The Morgan fingerprint density at radius 2 is 1.78 bits per heavy atom. The number of thiocarbonyl (C=S) groups is 1. The average Bonchev–Trinajstić information content (AvgIpc) is 2.56. The Bertz CT molecular complexity index is 588. The van der Waals surface area contributed by atoms with Gasteiger partial charge in [-0.3, -0.25) is 20.0 Å². The second-order valence-electron chi connectivity index (χ2n) is 5.56. The van der Waals surface area contributed by atoms with Crippen molar-refractivity contribution < 1.29 is 34.5 Å². The van der Waals surface area contributed by atoms with E-state index in [1.807, 2.05) is 5.32 Å². The van der Waals surface area contributed by atoms with Crippen molar-refractivity contribution in [1.29, 1.82) is 0 Å². The quantitative estimate of drug-likeness (QED) is 0.136. The van der Waals surface area contributed by atoms with Crippen LogP contribution >= 0.6 is 12.2 Å². The van der Waals surface area contributed by atoms with Crippen molar-refractivity contribution in [3.8, 4) is 0 Å². The summed E-state index contributed by atoms with van der Waals surface area (Å²) in [6, 6.07) is -5.16. The molecule has 0 saturated carbocycles. The first-order chi connectivity index (χ1) is 12.4. The van der Waals surface area contributed by atoms with Gasteiger partial charge in [0.05, 0.1) is 25.2 Å². The summed E-state index contributed by atoms with van der Waals surface area (Å²) in [6.07, 6.45) is -2.01. The van der Waals surface area contributed by atoms with E-state index in [-0.39, 0.29) is 4.99 Å². The summed E-state index contributed by atoms with van der Waals surface area (Å²) in [4.78, 5) is 46.4. The van der Waals surface area contributed by atoms with Gasteiger partial charge >= 0.3 is 12.0 Å². The molecule has 2 unspecified atom stereocenters. The van der Waals surface area contributed by atoms with Gasteiger partial charge in [0.2, 0.25) is 5.91 Å². The Hall–Kier alpha value is -2.55. The number of hydrogen-bond acceptors (Lipinski definition) is 8. The maximum Gasteiger partial charge on any atom is 0.328 e. The summed E-state index contributed by atoms with van der Waals surface area (Å²) in [5, 5.41) is 32.1. The van der Waals surface area contributed by atoms with E-state index in [4.69, 9.17) is 33.9 Å². The zero-order chi connectivity index (χ0) is 21.3. The van der Waals surface area contributed by atoms with Gasteiger partial charge in [0.15, 0.2) is 6.04 Å². The molecule has 10 N–H and O–H groups in total. The summed E-state index contributed by atoms with van der Waals surface area (Å²) in [5.74, 6) is -3.26. The summed E-state index contributed by atoms with van der Waals surface area (Å²) in [5.41, 5.74) is 13.0. The molecule has 0 aliphatic rings. The van der Waals surface area contributed by atoms with Crippen LogP contribution in [0.5, 0.6) is 0 Å². The standard InChI is InChI=1S/C13H24N6O7S/c1-5(21)9(12(24)25)17-13(26)16-7(3-8(15)22)11(23)19(2)18-10(27)6(14)4-20/h5-7,9,20-21H,3-4,14H2,1-2H3,(H2,15,22)(H,18,27)(H,24,25)(H2,16,17,26)/t5?,6-,7?,9-/m0/s1. The summed E-state index contributed by atoms with van der Waals surface area (Å²) in [6.45, 7) is 0.670. The topological polar surface area (TPSA) is 220 Å². The van der Waals surface area contributed by atoms with Gasteiger partial charge in [-0.2, -0.15) is 0 Å². The molecular weight excluding hydrogens is 384 g/mol. The van der Waals surface area contributed by atoms with Gasteiger partial charge in [0.25, 0.3) is 5.91 Å². The van der Waals surface area contributed by atoms with Crippen molar-refractivity contribution in [2.45, 2.75) is 37.6 Å². The maximum absolute atomic E-state index is 12.4. The molecule has 4 atom stereocenters. The molecule has 0 aromatic heterocycles. The van der Waals surface area contributed by atoms with E-state index in [9.17, 15) is 24.3 Å². The zero-order valence-electron chi connectivity index (χ0n) is 14.7. The third kappa shape index (κ3) is 8.59. The number of aliphatic hydroxyl groups is 2. The van der Waals surface area contributed by atoms with Gasteiger partial charge in [-0.25, -0.2) is 9.59 Å². The second kappa shape index (κ2) is 11.2. The molecule has 0 aromatic rings. The van der Waals surface area contributed by atoms with E-state index >= 15 is 0 Å². The highest BCUT2D eigenvalue weighted by Gasteiger charge is 2.30. The lowest BCUT2D eigenvalue weighted by molar-refractivity contribution is -0.141. The molecular formula is C13H24N6O7S. The minimum atomic E-state index is -1.64. The average molecular weight is 408 g/mol. The number of carboxylic acid groups (broad SMARTS) is 1. The highest BCUT2D eigenvalue weighted by atomic mass is 32.1. The second-order valence-corrected chi connectivity index (χ2v) is 6.00. The maximum atomic E-state index is 12.4. The van der Waals surface area contributed by atoms with Gasteiger partial charge in [0, 0.05) is 7.05 Å². The van der Waals surface area contributed by atoms with Crippen LogP contribution in [0.4, 0.5) is 4.79 Å². The lowest BCUT2D eigenvalue weighted by Crippen LogP contribution is -2.59. The molecule has 4 amide bonds. The number of primary amides is 1. The molecule has 154 valence electrons. The van der Waals surface area contributed by atoms with Crippen molar-refractivity contribution >= 4 is 41.0 Å². The highest BCUT2D eigenvalue weighted by molar-refractivity contribution is 7.80. The van der Waals surface area contributed by atoms with Crippen molar-refractivity contribution in [2.24, 2.45) is 11.5 Å². The molecule has 0 aliphatic carbocycles. The van der Waals surface area contributed by atoms with Crippen LogP contribution in [0.25, 0.3) is 0 Å². The van der Waals surface area contributed by atoms with Crippen LogP contribution in [0.15, 0.2) is 0 Å². The monoisotopic (exact) mass is 408 g/mol. The van der Waals surface area contributed by atoms with E-state index in [1.165, 1.54) is 7.05 Å². The number of likely N-dealkylation sites (N-methyl/N-ethyl adjacent to an activating group) is 1. The van der Waals surface area contributed by atoms with Crippen LogP contribution in [0.1, 0.15) is 13.3 Å².